The predicted molar refractivity (Wildman–Crippen MR) is 49.8 cm³/mol. The van der Waals surface area contributed by atoms with Crippen molar-refractivity contribution in [2.24, 2.45) is 0 Å². The van der Waals surface area contributed by atoms with Crippen LogP contribution < -0.4 is 4.30 Å². The van der Waals surface area contributed by atoms with Crippen LogP contribution in [0, 0.1) is 10.2 Å². The first-order valence-electron chi connectivity index (χ1n) is 4.22. The van der Waals surface area contributed by atoms with Crippen LogP contribution in [-0.2, 0) is 8.58 Å². The summed E-state index contributed by atoms with van der Waals surface area (Å²) in [4.78, 5) is 13.3. The van der Waals surface area contributed by atoms with Gasteiger partial charge in [0.25, 0.3) is 5.97 Å². The summed E-state index contributed by atoms with van der Waals surface area (Å²) in [5.74, 6) is -0.339. The Bertz CT molecular complexity index is 388. The lowest BCUT2D eigenvalue weighted by Gasteiger charge is -2.06. The molecule has 1 saturated heterocycles. The Kier molecular flexibility index (Phi) is 2.52. The first kappa shape index (κ1) is 9.24. The maximum atomic E-state index is 11.3. The predicted octanol–water partition coefficient (Wildman–Crippen LogP) is 0.425. The van der Waals surface area contributed by atoms with E-state index in [-0.39, 0.29) is 5.97 Å². The minimum Gasteiger partial charge on any atom is -0.593 e. The molecule has 68 valence electrons. The van der Waals surface area contributed by atoms with Crippen LogP contribution in [0.5, 0.6) is 0 Å². The highest BCUT2D eigenvalue weighted by Gasteiger charge is 2.43. The molecule has 1 aliphatic rings. The van der Waals surface area contributed by atoms with Crippen molar-refractivity contribution >= 4 is 20.7 Å². The highest BCUT2D eigenvalue weighted by molar-refractivity contribution is 6.61. The molecule has 0 radical (unpaired) electrons. The quantitative estimate of drug-likeness (QED) is 0.670. The molecule has 1 N–H and O–H groups in total. The van der Waals surface area contributed by atoms with Crippen molar-refractivity contribution in [1.82, 2.24) is 4.30 Å². The highest BCUT2D eigenvalue weighted by atomic mass is 27.2. The van der Waals surface area contributed by atoms with Gasteiger partial charge in [-0.1, -0.05) is 30.3 Å². The molecule has 1 aromatic rings. The van der Waals surface area contributed by atoms with Crippen LogP contribution in [0.25, 0.3) is 0 Å². The molecule has 0 saturated carbocycles. The molecule has 4 nitrogen and oxygen atoms in total. The van der Waals surface area contributed by atoms with Crippen molar-refractivity contribution in [2.75, 3.05) is 0 Å². The Morgan fingerprint density at radius 3 is 2.71 bits per heavy atom. The van der Waals surface area contributed by atoms with Crippen molar-refractivity contribution in [2.45, 2.75) is 6.04 Å². The van der Waals surface area contributed by atoms with Crippen LogP contribution in [0.2, 0.25) is 0 Å². The molecule has 1 atom stereocenters. The van der Waals surface area contributed by atoms with Crippen LogP contribution in [0.4, 0.5) is 0 Å². The second-order valence-corrected chi connectivity index (χ2v) is 4.54. The molecule has 0 bridgehead atoms. The van der Waals surface area contributed by atoms with Crippen LogP contribution in [-0.4, -0.2) is 20.7 Å². The number of carbonyl (C=O) groups excluding carboxylic acids is 1. The molecule has 0 aromatic heterocycles. The molecule has 0 unspecified atom stereocenters. The summed E-state index contributed by atoms with van der Waals surface area (Å²) in [6.07, 6.45) is 0. The van der Waals surface area contributed by atoms with Gasteiger partial charge in [-0.25, -0.2) is 5.26 Å². The zero-order chi connectivity index (χ0) is 9.97. The number of hydrogen-bond acceptors (Lipinski definition) is 4. The standard InChI is InChI=1S/C8H8NO2.CN.Al/c9-7(8(10)11)6-4-2-1-3-5-6;1-2;/h1-5,7,9H,(H,10,11);;/q-1;;+2/p-1/t7-;;/m1../s1. The summed E-state index contributed by atoms with van der Waals surface area (Å²) < 4.78 is 7.82. The monoisotopic (exact) mass is 202 g/mol. The minimum atomic E-state index is -2.14. The van der Waals surface area contributed by atoms with E-state index in [2.05, 4.69) is 4.30 Å². The van der Waals surface area contributed by atoms with Gasteiger partial charge in [-0.2, -0.15) is 0 Å². The fourth-order valence-electron chi connectivity index (χ4n) is 1.38. The van der Waals surface area contributed by atoms with E-state index < -0.39 is 20.7 Å². The number of carbonyl (C=O) groups is 1. The number of nitriles is 1. The third-order valence-electron chi connectivity index (χ3n) is 2.04. The molecular weight excluding hydrogens is 195 g/mol. The fourth-order valence-corrected chi connectivity index (χ4v) is 2.57. The molecule has 0 amide bonds. The first-order valence-corrected chi connectivity index (χ1v) is 5.85. The topological polar surface area (TPSA) is 62.1 Å². The number of nitrogens with zero attached hydrogens (tertiary/aromatic N) is 1. The van der Waals surface area contributed by atoms with Gasteiger partial charge in [0.05, 0.1) is 0 Å². The molecular formula is C9H7AlN2O2. The largest absolute Gasteiger partial charge is 0.810 e. The van der Waals surface area contributed by atoms with Crippen molar-refractivity contribution < 1.29 is 8.58 Å². The van der Waals surface area contributed by atoms with Gasteiger partial charge in [0.2, 0.25) is 0 Å². The van der Waals surface area contributed by atoms with E-state index in [9.17, 15) is 4.79 Å². The molecule has 1 fully saturated rings. The van der Waals surface area contributed by atoms with Crippen molar-refractivity contribution in [3.05, 3.63) is 35.9 Å². The molecule has 0 aliphatic carbocycles. The Morgan fingerprint density at radius 1 is 1.43 bits per heavy atom. The van der Waals surface area contributed by atoms with E-state index in [1.807, 2.05) is 35.3 Å². The average Bonchev–Trinajstić information content (AvgIpc) is 2.61. The SMILES string of the molecule is N#[C][Al]1[NH][C@H](c2ccccc2)C(=O)[O]1. The molecule has 0 spiro atoms. The van der Waals surface area contributed by atoms with Gasteiger partial charge >= 0.3 is 14.7 Å². The van der Waals surface area contributed by atoms with Gasteiger partial charge in [-0.05, 0) is 5.56 Å². The van der Waals surface area contributed by atoms with E-state index in [1.54, 1.807) is 0 Å². The van der Waals surface area contributed by atoms with Crippen LogP contribution in [0.1, 0.15) is 11.6 Å². The Labute approximate surface area is 86.0 Å². The summed E-state index contributed by atoms with van der Waals surface area (Å²) in [5, 5.41) is 8.62. The Balaban J connectivity index is 2.22. The second kappa shape index (κ2) is 3.81. The van der Waals surface area contributed by atoms with Gasteiger partial charge in [0.1, 0.15) is 6.04 Å². The van der Waals surface area contributed by atoms with Crippen molar-refractivity contribution in [1.29, 1.82) is 5.26 Å². The Hall–Kier alpha value is -1.33. The van der Waals surface area contributed by atoms with Gasteiger partial charge in [-0.3, -0.25) is 4.79 Å². The van der Waals surface area contributed by atoms with E-state index in [1.165, 1.54) is 0 Å². The lowest BCUT2D eigenvalue weighted by atomic mass is 10.1. The highest BCUT2D eigenvalue weighted by Crippen LogP contribution is 2.19. The third kappa shape index (κ3) is 1.64. The zero-order valence-corrected chi connectivity index (χ0v) is 8.46. The lowest BCUT2D eigenvalue weighted by molar-refractivity contribution is -0.134. The van der Waals surface area contributed by atoms with Crippen LogP contribution in [0.15, 0.2) is 30.3 Å². The Morgan fingerprint density at radius 2 is 2.14 bits per heavy atom. The summed E-state index contributed by atoms with van der Waals surface area (Å²) in [5.41, 5.74) is 0.850. The summed E-state index contributed by atoms with van der Waals surface area (Å²) in [6.45, 7) is 0. The number of nitrogens with one attached hydrogen (secondary N) is 1. The normalized spacial score (nSPS) is 20.4. The van der Waals surface area contributed by atoms with E-state index in [4.69, 9.17) is 9.05 Å². The zero-order valence-electron chi connectivity index (χ0n) is 7.31. The van der Waals surface area contributed by atoms with Crippen molar-refractivity contribution in [3.63, 3.8) is 0 Å². The van der Waals surface area contributed by atoms with E-state index in [0.717, 1.165) is 5.56 Å². The smallest absolute Gasteiger partial charge is 0.593 e. The second-order valence-electron chi connectivity index (χ2n) is 2.96. The lowest BCUT2D eigenvalue weighted by Crippen LogP contribution is -2.28. The van der Waals surface area contributed by atoms with E-state index in [0.29, 0.717) is 0 Å². The van der Waals surface area contributed by atoms with Gasteiger partial charge in [-0.15, -0.1) is 0 Å². The van der Waals surface area contributed by atoms with Gasteiger partial charge in [0, 0.05) is 4.93 Å². The molecule has 5 heteroatoms. The summed E-state index contributed by atoms with van der Waals surface area (Å²) in [7, 11) is 0. The number of hydrogen-bond donors (Lipinski definition) is 1. The maximum absolute atomic E-state index is 11.3. The summed E-state index contributed by atoms with van der Waals surface area (Å²) in [6, 6.07) is 8.81. The van der Waals surface area contributed by atoms with Gasteiger partial charge < -0.3 is 8.09 Å². The average molecular weight is 202 g/mol. The summed E-state index contributed by atoms with van der Waals surface area (Å²) >= 11 is -2.14. The molecule has 1 aliphatic heterocycles. The fraction of sp³-hybridized carbons (Fsp3) is 0.111. The molecule has 1 aromatic carbocycles. The van der Waals surface area contributed by atoms with E-state index >= 15 is 0 Å². The third-order valence-corrected chi connectivity index (χ3v) is 3.38. The van der Waals surface area contributed by atoms with Crippen LogP contribution >= 0.6 is 0 Å². The minimum absolute atomic E-state index is 0.339. The van der Waals surface area contributed by atoms with Gasteiger partial charge in [0.15, 0.2) is 0 Å². The number of rotatable bonds is 1. The maximum Gasteiger partial charge on any atom is 0.810 e. The molecule has 2 rings (SSSR count). The molecule has 14 heavy (non-hydrogen) atoms. The number of benzene rings is 1. The van der Waals surface area contributed by atoms with Crippen molar-refractivity contribution in [3.8, 4) is 4.93 Å². The first-order chi connectivity index (χ1) is 6.81. The molecule has 1 heterocycles. The van der Waals surface area contributed by atoms with Crippen LogP contribution in [0.3, 0.4) is 0 Å².